The number of rotatable bonds is 9. The molecular formula is C22H26N4O3. The molecule has 0 saturated heterocycles. The Bertz CT molecular complexity index is 1010. The zero-order valence-electron chi connectivity index (χ0n) is 16.9. The lowest BCUT2D eigenvalue weighted by Crippen LogP contribution is -2.31. The Morgan fingerprint density at radius 2 is 1.97 bits per heavy atom. The number of hydrogen-bond donors (Lipinski definition) is 1. The molecule has 0 spiro atoms. The molecule has 1 N–H and O–H groups in total. The van der Waals surface area contributed by atoms with E-state index in [1.807, 2.05) is 29.7 Å². The molecule has 29 heavy (non-hydrogen) atoms. The summed E-state index contributed by atoms with van der Waals surface area (Å²) in [5.41, 5.74) is 1.36. The van der Waals surface area contributed by atoms with E-state index in [9.17, 15) is 9.59 Å². The van der Waals surface area contributed by atoms with Gasteiger partial charge in [0.15, 0.2) is 0 Å². The highest BCUT2D eigenvalue weighted by molar-refractivity contribution is 5.95. The van der Waals surface area contributed by atoms with Crippen molar-refractivity contribution in [2.75, 3.05) is 6.54 Å². The normalized spacial score (nSPS) is 10.8. The lowest BCUT2D eigenvalue weighted by Gasteiger charge is -2.08. The van der Waals surface area contributed by atoms with Gasteiger partial charge in [-0.2, -0.15) is 0 Å². The third-order valence-electron chi connectivity index (χ3n) is 4.83. The third-order valence-corrected chi connectivity index (χ3v) is 4.83. The summed E-state index contributed by atoms with van der Waals surface area (Å²) in [6.07, 6.45) is 4.64. The Hall–Kier alpha value is -3.22. The van der Waals surface area contributed by atoms with Crippen molar-refractivity contribution in [3.8, 4) is 0 Å². The van der Waals surface area contributed by atoms with Gasteiger partial charge in [0.25, 0.3) is 5.91 Å². The Morgan fingerprint density at radius 1 is 1.17 bits per heavy atom. The van der Waals surface area contributed by atoms with Crippen LogP contribution in [0.2, 0.25) is 0 Å². The van der Waals surface area contributed by atoms with Crippen molar-refractivity contribution in [3.05, 3.63) is 81.4 Å². The van der Waals surface area contributed by atoms with Crippen LogP contribution in [-0.2, 0) is 25.8 Å². The van der Waals surface area contributed by atoms with Crippen LogP contribution in [0.3, 0.4) is 0 Å². The molecule has 1 amide bonds. The molecular weight excluding hydrogens is 368 g/mol. The van der Waals surface area contributed by atoms with E-state index >= 15 is 0 Å². The SMILES string of the molecule is CCn1cnnc1CCNC(=O)c1c(C)cc(CCCc2ccccc2)oc1=O. The Labute approximate surface area is 169 Å². The molecule has 1 aromatic carbocycles. The van der Waals surface area contributed by atoms with Crippen LogP contribution in [0.4, 0.5) is 0 Å². The third kappa shape index (κ3) is 5.40. The number of carbonyl (C=O) groups is 1. The molecule has 2 heterocycles. The Balaban J connectivity index is 1.56. The van der Waals surface area contributed by atoms with E-state index < -0.39 is 11.5 Å². The summed E-state index contributed by atoms with van der Waals surface area (Å²) in [6, 6.07) is 12.0. The first kappa shape index (κ1) is 20.5. The van der Waals surface area contributed by atoms with Gasteiger partial charge in [-0.3, -0.25) is 4.79 Å². The van der Waals surface area contributed by atoms with E-state index in [0.717, 1.165) is 25.2 Å². The number of amides is 1. The van der Waals surface area contributed by atoms with Crippen molar-refractivity contribution in [1.29, 1.82) is 0 Å². The van der Waals surface area contributed by atoms with Crippen LogP contribution in [-0.4, -0.2) is 27.2 Å². The summed E-state index contributed by atoms with van der Waals surface area (Å²) in [5.74, 6) is 0.982. The predicted molar refractivity (Wildman–Crippen MR) is 110 cm³/mol. The van der Waals surface area contributed by atoms with Crippen LogP contribution in [0.15, 0.2) is 51.9 Å². The van der Waals surface area contributed by atoms with E-state index in [0.29, 0.717) is 30.7 Å². The van der Waals surface area contributed by atoms with Crippen LogP contribution in [0.1, 0.15) is 46.4 Å². The zero-order chi connectivity index (χ0) is 20.6. The van der Waals surface area contributed by atoms with Crippen molar-refractivity contribution < 1.29 is 9.21 Å². The van der Waals surface area contributed by atoms with Crippen LogP contribution < -0.4 is 10.9 Å². The molecule has 3 rings (SSSR count). The minimum atomic E-state index is -0.589. The first-order valence-corrected chi connectivity index (χ1v) is 9.91. The minimum Gasteiger partial charge on any atom is -0.427 e. The average molecular weight is 394 g/mol. The van der Waals surface area contributed by atoms with E-state index in [-0.39, 0.29) is 5.56 Å². The fourth-order valence-corrected chi connectivity index (χ4v) is 3.29. The molecule has 0 atom stereocenters. The van der Waals surface area contributed by atoms with Crippen LogP contribution >= 0.6 is 0 Å². The number of aryl methyl sites for hydroxylation is 4. The van der Waals surface area contributed by atoms with Crippen molar-refractivity contribution in [2.45, 2.75) is 46.1 Å². The largest absolute Gasteiger partial charge is 0.427 e. The molecule has 0 saturated carbocycles. The van der Waals surface area contributed by atoms with E-state index in [4.69, 9.17) is 4.42 Å². The fourth-order valence-electron chi connectivity index (χ4n) is 3.29. The molecule has 7 heteroatoms. The first-order valence-electron chi connectivity index (χ1n) is 9.91. The topological polar surface area (TPSA) is 90.0 Å². The molecule has 2 aromatic heterocycles. The monoisotopic (exact) mass is 394 g/mol. The minimum absolute atomic E-state index is 0.0637. The highest BCUT2D eigenvalue weighted by Crippen LogP contribution is 2.11. The standard InChI is InChI=1S/C22H26N4O3/c1-3-26-15-24-25-19(26)12-13-23-21(27)20-16(2)14-18(29-22(20)28)11-7-10-17-8-5-4-6-9-17/h4-6,8-9,14-15H,3,7,10-13H2,1-2H3,(H,23,27). The molecule has 3 aromatic rings. The first-order chi connectivity index (χ1) is 14.1. The van der Waals surface area contributed by atoms with E-state index in [2.05, 4.69) is 27.6 Å². The maximum atomic E-state index is 12.5. The second kappa shape index (κ2) is 9.82. The molecule has 7 nitrogen and oxygen atoms in total. The number of aromatic nitrogens is 3. The maximum Gasteiger partial charge on any atom is 0.349 e. The van der Waals surface area contributed by atoms with Crippen LogP contribution in [0, 0.1) is 6.92 Å². The summed E-state index contributed by atoms with van der Waals surface area (Å²) >= 11 is 0. The lowest BCUT2D eigenvalue weighted by molar-refractivity contribution is 0.0949. The highest BCUT2D eigenvalue weighted by atomic mass is 16.4. The molecule has 0 fully saturated rings. The summed E-state index contributed by atoms with van der Waals surface area (Å²) < 4.78 is 7.31. The van der Waals surface area contributed by atoms with Crippen LogP contribution in [0.25, 0.3) is 0 Å². The van der Waals surface area contributed by atoms with Gasteiger partial charge in [0.1, 0.15) is 23.5 Å². The Morgan fingerprint density at radius 3 is 2.69 bits per heavy atom. The van der Waals surface area contributed by atoms with Gasteiger partial charge >= 0.3 is 5.63 Å². The summed E-state index contributed by atoms with van der Waals surface area (Å²) in [5, 5.41) is 10.7. The van der Waals surface area contributed by atoms with Crippen molar-refractivity contribution in [2.24, 2.45) is 0 Å². The quantitative estimate of drug-likeness (QED) is 0.603. The molecule has 152 valence electrons. The van der Waals surface area contributed by atoms with Crippen molar-refractivity contribution in [1.82, 2.24) is 20.1 Å². The highest BCUT2D eigenvalue weighted by Gasteiger charge is 2.17. The number of nitrogens with one attached hydrogen (secondary N) is 1. The lowest BCUT2D eigenvalue weighted by atomic mass is 10.1. The fraction of sp³-hybridized carbons (Fsp3) is 0.364. The summed E-state index contributed by atoms with van der Waals surface area (Å²) in [6.45, 7) is 4.90. The van der Waals surface area contributed by atoms with Gasteiger partial charge in [-0.1, -0.05) is 30.3 Å². The zero-order valence-corrected chi connectivity index (χ0v) is 16.9. The number of carbonyl (C=O) groups excluding carboxylic acids is 1. The molecule has 0 aliphatic heterocycles. The van der Waals surface area contributed by atoms with Crippen molar-refractivity contribution in [3.63, 3.8) is 0 Å². The second-order valence-electron chi connectivity index (χ2n) is 6.94. The van der Waals surface area contributed by atoms with Gasteiger partial charge in [-0.25, -0.2) is 4.79 Å². The molecule has 0 aliphatic carbocycles. The van der Waals surface area contributed by atoms with Crippen molar-refractivity contribution >= 4 is 5.91 Å². The molecule has 0 radical (unpaired) electrons. The van der Waals surface area contributed by atoms with E-state index in [1.165, 1.54) is 5.56 Å². The predicted octanol–water partition coefficient (Wildman–Crippen LogP) is 2.71. The summed E-state index contributed by atoms with van der Waals surface area (Å²) in [7, 11) is 0. The average Bonchev–Trinajstić information content (AvgIpc) is 3.16. The van der Waals surface area contributed by atoms with Gasteiger partial charge in [0.2, 0.25) is 0 Å². The van der Waals surface area contributed by atoms with Gasteiger partial charge in [0.05, 0.1) is 0 Å². The number of nitrogens with zero attached hydrogens (tertiary/aromatic N) is 3. The van der Waals surface area contributed by atoms with Gasteiger partial charge in [-0.15, -0.1) is 10.2 Å². The molecule has 0 bridgehead atoms. The molecule has 0 aliphatic rings. The van der Waals surface area contributed by atoms with Gasteiger partial charge in [-0.05, 0) is 43.9 Å². The smallest absolute Gasteiger partial charge is 0.349 e. The number of benzene rings is 1. The number of hydrogen-bond acceptors (Lipinski definition) is 5. The summed E-state index contributed by atoms with van der Waals surface area (Å²) in [4.78, 5) is 24.8. The van der Waals surface area contributed by atoms with Gasteiger partial charge in [0, 0.05) is 25.9 Å². The Kier molecular flexibility index (Phi) is 6.94. The molecule has 0 unspecified atom stereocenters. The second-order valence-corrected chi connectivity index (χ2v) is 6.94. The van der Waals surface area contributed by atoms with Gasteiger partial charge < -0.3 is 14.3 Å². The van der Waals surface area contributed by atoms with Crippen LogP contribution in [0.5, 0.6) is 0 Å². The van der Waals surface area contributed by atoms with E-state index in [1.54, 1.807) is 19.3 Å². The maximum absolute atomic E-state index is 12.5.